The van der Waals surface area contributed by atoms with Crippen LogP contribution in [0.3, 0.4) is 0 Å². The predicted molar refractivity (Wildman–Crippen MR) is 73.4 cm³/mol. The molecule has 1 saturated heterocycles. The standard InChI is InChI=1S/C14H19ClF2N2/c15-4-7-18-5-1-6-19(9-8-18)11-12-2-3-13(16)14(17)10-12/h2-3,10H,1,4-9,11H2. The number of halogens is 3. The van der Waals surface area contributed by atoms with Crippen LogP contribution in [0, 0.1) is 11.6 Å². The summed E-state index contributed by atoms with van der Waals surface area (Å²) < 4.78 is 26.0. The van der Waals surface area contributed by atoms with Crippen molar-refractivity contribution in [1.29, 1.82) is 0 Å². The Morgan fingerprint density at radius 2 is 1.74 bits per heavy atom. The molecule has 2 nitrogen and oxygen atoms in total. The first kappa shape index (κ1) is 14.7. The van der Waals surface area contributed by atoms with Gasteiger partial charge in [0.05, 0.1) is 0 Å². The van der Waals surface area contributed by atoms with E-state index in [0.29, 0.717) is 12.4 Å². The highest BCUT2D eigenvalue weighted by molar-refractivity contribution is 6.18. The van der Waals surface area contributed by atoms with Gasteiger partial charge in [-0.15, -0.1) is 11.6 Å². The van der Waals surface area contributed by atoms with Crippen molar-refractivity contribution in [2.45, 2.75) is 13.0 Å². The second kappa shape index (κ2) is 7.17. The van der Waals surface area contributed by atoms with E-state index < -0.39 is 11.6 Å². The summed E-state index contributed by atoms with van der Waals surface area (Å²) in [4.78, 5) is 4.62. The summed E-state index contributed by atoms with van der Waals surface area (Å²) in [6, 6.07) is 4.14. The van der Waals surface area contributed by atoms with Crippen LogP contribution >= 0.6 is 11.6 Å². The maximum absolute atomic E-state index is 13.2. The topological polar surface area (TPSA) is 6.48 Å². The zero-order valence-corrected chi connectivity index (χ0v) is 11.7. The minimum Gasteiger partial charge on any atom is -0.301 e. The number of alkyl halides is 1. The van der Waals surface area contributed by atoms with Crippen LogP contribution < -0.4 is 0 Å². The lowest BCUT2D eigenvalue weighted by molar-refractivity contribution is 0.257. The van der Waals surface area contributed by atoms with Gasteiger partial charge >= 0.3 is 0 Å². The second-order valence-electron chi connectivity index (χ2n) is 4.91. The van der Waals surface area contributed by atoms with Crippen LogP contribution in [0.2, 0.25) is 0 Å². The van der Waals surface area contributed by atoms with Gasteiger partial charge in [-0.1, -0.05) is 6.07 Å². The smallest absolute Gasteiger partial charge is 0.159 e. The molecule has 0 unspecified atom stereocenters. The van der Waals surface area contributed by atoms with E-state index in [1.807, 2.05) is 0 Å². The highest BCUT2D eigenvalue weighted by Gasteiger charge is 2.15. The number of rotatable bonds is 4. The van der Waals surface area contributed by atoms with Gasteiger partial charge in [0, 0.05) is 32.1 Å². The molecule has 1 aliphatic rings. The zero-order chi connectivity index (χ0) is 13.7. The van der Waals surface area contributed by atoms with E-state index in [9.17, 15) is 8.78 Å². The molecular weight excluding hydrogens is 270 g/mol. The third-order valence-electron chi connectivity index (χ3n) is 3.47. The van der Waals surface area contributed by atoms with Gasteiger partial charge < -0.3 is 4.90 Å². The summed E-state index contributed by atoms with van der Waals surface area (Å²) in [6.45, 7) is 5.55. The van der Waals surface area contributed by atoms with Crippen LogP contribution in [0.4, 0.5) is 8.78 Å². The van der Waals surface area contributed by atoms with Gasteiger partial charge in [0.25, 0.3) is 0 Å². The molecule has 19 heavy (non-hydrogen) atoms. The first-order valence-corrected chi connectivity index (χ1v) is 7.17. The molecule has 0 spiro atoms. The van der Waals surface area contributed by atoms with Crippen LogP contribution in [0.15, 0.2) is 18.2 Å². The van der Waals surface area contributed by atoms with Crippen molar-refractivity contribution in [3.05, 3.63) is 35.4 Å². The van der Waals surface area contributed by atoms with Gasteiger partial charge in [0.15, 0.2) is 11.6 Å². The molecule has 0 radical (unpaired) electrons. The monoisotopic (exact) mass is 288 g/mol. The van der Waals surface area contributed by atoms with Gasteiger partial charge in [-0.3, -0.25) is 4.90 Å². The summed E-state index contributed by atoms with van der Waals surface area (Å²) in [7, 11) is 0. The third kappa shape index (κ3) is 4.41. The summed E-state index contributed by atoms with van der Waals surface area (Å²) in [5, 5.41) is 0. The first-order chi connectivity index (χ1) is 9.19. The minimum atomic E-state index is -0.784. The Balaban J connectivity index is 1.90. The van der Waals surface area contributed by atoms with E-state index in [2.05, 4.69) is 9.80 Å². The van der Waals surface area contributed by atoms with Crippen molar-refractivity contribution in [3.63, 3.8) is 0 Å². The van der Waals surface area contributed by atoms with E-state index in [-0.39, 0.29) is 0 Å². The summed E-state index contributed by atoms with van der Waals surface area (Å²) >= 11 is 5.75. The second-order valence-corrected chi connectivity index (χ2v) is 5.29. The molecule has 2 rings (SSSR count). The Morgan fingerprint density at radius 1 is 1.00 bits per heavy atom. The highest BCUT2D eigenvalue weighted by Crippen LogP contribution is 2.12. The molecule has 0 amide bonds. The zero-order valence-electron chi connectivity index (χ0n) is 10.9. The van der Waals surface area contributed by atoms with Gasteiger partial charge in [0.1, 0.15) is 0 Å². The summed E-state index contributed by atoms with van der Waals surface area (Å²) in [5.74, 6) is -0.896. The number of hydrogen-bond donors (Lipinski definition) is 0. The van der Waals surface area contributed by atoms with Gasteiger partial charge in [-0.25, -0.2) is 8.78 Å². The van der Waals surface area contributed by atoms with Crippen LogP contribution in [-0.2, 0) is 6.54 Å². The molecule has 1 aromatic carbocycles. The van der Waals surface area contributed by atoms with Gasteiger partial charge in [0.2, 0.25) is 0 Å². The van der Waals surface area contributed by atoms with E-state index in [0.717, 1.165) is 44.7 Å². The SMILES string of the molecule is Fc1ccc(CN2CCCN(CCCl)CC2)cc1F. The molecule has 5 heteroatoms. The van der Waals surface area contributed by atoms with Crippen LogP contribution in [0.5, 0.6) is 0 Å². The number of nitrogens with zero attached hydrogens (tertiary/aromatic N) is 2. The van der Waals surface area contributed by atoms with Crippen molar-refractivity contribution in [3.8, 4) is 0 Å². The average molecular weight is 289 g/mol. The molecule has 1 aliphatic heterocycles. The maximum Gasteiger partial charge on any atom is 0.159 e. The fraction of sp³-hybridized carbons (Fsp3) is 0.571. The molecular formula is C14H19ClF2N2. The lowest BCUT2D eigenvalue weighted by atomic mass is 10.2. The van der Waals surface area contributed by atoms with Crippen molar-refractivity contribution in [2.75, 3.05) is 38.6 Å². The lowest BCUT2D eigenvalue weighted by Crippen LogP contribution is -2.31. The lowest BCUT2D eigenvalue weighted by Gasteiger charge is -2.21. The summed E-state index contributed by atoms with van der Waals surface area (Å²) in [5.41, 5.74) is 0.824. The van der Waals surface area contributed by atoms with Gasteiger partial charge in [-0.05, 0) is 37.2 Å². The van der Waals surface area contributed by atoms with Crippen LogP contribution in [-0.4, -0.2) is 48.4 Å². The van der Waals surface area contributed by atoms with E-state index in [4.69, 9.17) is 11.6 Å². The Bertz CT molecular complexity index is 414. The fourth-order valence-electron chi connectivity index (χ4n) is 2.42. The Hall–Kier alpha value is -0.710. The largest absolute Gasteiger partial charge is 0.301 e. The fourth-order valence-corrected chi connectivity index (χ4v) is 2.66. The molecule has 1 aromatic rings. The Kier molecular flexibility index (Phi) is 5.55. The average Bonchev–Trinajstić information content (AvgIpc) is 2.60. The molecule has 0 aliphatic carbocycles. The molecule has 1 heterocycles. The quantitative estimate of drug-likeness (QED) is 0.786. The Morgan fingerprint density at radius 3 is 2.47 bits per heavy atom. The predicted octanol–water partition coefficient (Wildman–Crippen LogP) is 2.71. The van der Waals surface area contributed by atoms with Gasteiger partial charge in [-0.2, -0.15) is 0 Å². The highest BCUT2D eigenvalue weighted by atomic mass is 35.5. The van der Waals surface area contributed by atoms with E-state index >= 15 is 0 Å². The van der Waals surface area contributed by atoms with E-state index in [1.54, 1.807) is 6.07 Å². The third-order valence-corrected chi connectivity index (χ3v) is 3.64. The maximum atomic E-state index is 13.2. The van der Waals surface area contributed by atoms with Crippen LogP contribution in [0.1, 0.15) is 12.0 Å². The Labute approximate surface area is 117 Å². The molecule has 0 N–H and O–H groups in total. The molecule has 0 saturated carbocycles. The molecule has 0 bridgehead atoms. The van der Waals surface area contributed by atoms with E-state index in [1.165, 1.54) is 12.1 Å². The number of hydrogen-bond acceptors (Lipinski definition) is 2. The van der Waals surface area contributed by atoms with Crippen molar-refractivity contribution in [1.82, 2.24) is 9.80 Å². The minimum absolute atomic E-state index is 0.656. The normalized spacial score (nSPS) is 18.5. The van der Waals surface area contributed by atoms with Crippen molar-refractivity contribution < 1.29 is 8.78 Å². The molecule has 0 aromatic heterocycles. The molecule has 106 valence electrons. The van der Waals surface area contributed by atoms with Crippen molar-refractivity contribution in [2.24, 2.45) is 0 Å². The number of benzene rings is 1. The molecule has 0 atom stereocenters. The molecule has 1 fully saturated rings. The first-order valence-electron chi connectivity index (χ1n) is 6.63. The van der Waals surface area contributed by atoms with Crippen molar-refractivity contribution >= 4 is 11.6 Å². The summed E-state index contributed by atoms with van der Waals surface area (Å²) in [6.07, 6.45) is 1.08. The van der Waals surface area contributed by atoms with Crippen LogP contribution in [0.25, 0.3) is 0 Å².